The molecule has 1 aromatic carbocycles. The van der Waals surface area contributed by atoms with E-state index >= 15 is 0 Å². The number of carboxylic acid groups (broad SMARTS) is 1. The molecule has 0 saturated heterocycles. The summed E-state index contributed by atoms with van der Waals surface area (Å²) in [5.41, 5.74) is -0.361. The van der Waals surface area contributed by atoms with E-state index < -0.39 is 27.0 Å². The predicted molar refractivity (Wildman–Crippen MR) is 71.6 cm³/mol. The van der Waals surface area contributed by atoms with Crippen LogP contribution in [0.5, 0.6) is 0 Å². The topological polar surface area (TPSA) is 147 Å². The lowest BCUT2D eigenvalue weighted by atomic mass is 10.3. The molecular formula is C10H11ClN2O7S. The number of carboxylic acids is 1. The predicted octanol–water partition coefficient (Wildman–Crippen LogP) is 0.362. The smallest absolute Gasteiger partial charge is 0.332 e. The maximum atomic E-state index is 11.9. The van der Waals surface area contributed by atoms with Crippen molar-refractivity contribution in [2.75, 3.05) is 6.54 Å². The van der Waals surface area contributed by atoms with Crippen LogP contribution in [-0.2, 0) is 14.8 Å². The molecule has 0 amide bonds. The first-order valence-electron chi connectivity index (χ1n) is 5.49. The molecule has 1 atom stereocenters. The number of aliphatic hydroxyl groups excluding tert-OH is 1. The molecule has 0 bridgehead atoms. The van der Waals surface area contributed by atoms with Gasteiger partial charge in [-0.1, -0.05) is 11.6 Å². The average molecular weight is 339 g/mol. The second kappa shape index (κ2) is 6.80. The third-order valence-corrected chi connectivity index (χ3v) is 4.35. The summed E-state index contributed by atoms with van der Waals surface area (Å²) in [7, 11) is -4.06. The van der Waals surface area contributed by atoms with Crippen LogP contribution >= 0.6 is 11.6 Å². The number of hydrogen-bond acceptors (Lipinski definition) is 6. The number of nitrogens with one attached hydrogen (secondary N) is 1. The maximum Gasteiger partial charge on any atom is 0.332 e. The molecule has 116 valence electrons. The van der Waals surface area contributed by atoms with Gasteiger partial charge >= 0.3 is 5.97 Å². The van der Waals surface area contributed by atoms with Crippen molar-refractivity contribution in [3.05, 3.63) is 33.3 Å². The summed E-state index contributed by atoms with van der Waals surface area (Å²) < 4.78 is 25.8. The molecule has 0 aliphatic heterocycles. The van der Waals surface area contributed by atoms with Gasteiger partial charge in [-0.25, -0.2) is 17.9 Å². The van der Waals surface area contributed by atoms with Crippen molar-refractivity contribution in [2.45, 2.75) is 17.4 Å². The standard InChI is InChI=1S/C10H11ClN2O7S/c11-7-5-6(13(17)18)1-2-9(7)21(19,20)12-4-3-8(14)10(15)16/h1-2,5,8,12,14H,3-4H2,(H,15,16). The Balaban J connectivity index is 2.84. The lowest BCUT2D eigenvalue weighted by molar-refractivity contribution is -0.384. The summed E-state index contributed by atoms with van der Waals surface area (Å²) in [6, 6.07) is 2.84. The van der Waals surface area contributed by atoms with Gasteiger partial charge in [-0.3, -0.25) is 10.1 Å². The SMILES string of the molecule is O=C(O)C(O)CCNS(=O)(=O)c1ccc([N+](=O)[O-])cc1Cl. The lowest BCUT2D eigenvalue weighted by Crippen LogP contribution is -2.30. The fourth-order valence-corrected chi connectivity index (χ4v) is 2.94. The average Bonchev–Trinajstić information content (AvgIpc) is 2.37. The van der Waals surface area contributed by atoms with Crippen LogP contribution < -0.4 is 4.72 Å². The van der Waals surface area contributed by atoms with Crippen LogP contribution in [0, 0.1) is 10.1 Å². The number of sulfonamides is 1. The number of rotatable bonds is 7. The molecule has 1 aromatic rings. The molecule has 1 unspecified atom stereocenters. The minimum atomic E-state index is -4.06. The molecule has 0 heterocycles. The normalized spacial score (nSPS) is 12.9. The number of nitro groups is 1. The molecule has 0 spiro atoms. The van der Waals surface area contributed by atoms with Crippen molar-refractivity contribution in [1.29, 1.82) is 0 Å². The third-order valence-electron chi connectivity index (χ3n) is 2.41. The number of hydrogen-bond donors (Lipinski definition) is 3. The molecule has 0 aromatic heterocycles. The van der Waals surface area contributed by atoms with Crippen molar-refractivity contribution >= 4 is 33.3 Å². The van der Waals surface area contributed by atoms with E-state index in [0.717, 1.165) is 18.2 Å². The fourth-order valence-electron chi connectivity index (χ4n) is 1.35. The second-order valence-electron chi connectivity index (χ2n) is 3.91. The highest BCUT2D eigenvalue weighted by Crippen LogP contribution is 2.25. The Morgan fingerprint density at radius 3 is 2.57 bits per heavy atom. The monoisotopic (exact) mass is 338 g/mol. The molecule has 0 radical (unpaired) electrons. The van der Waals surface area contributed by atoms with Gasteiger partial charge in [0, 0.05) is 18.7 Å². The molecule has 0 saturated carbocycles. The van der Waals surface area contributed by atoms with Gasteiger partial charge in [0.1, 0.15) is 4.90 Å². The van der Waals surface area contributed by atoms with Crippen molar-refractivity contribution in [1.82, 2.24) is 4.72 Å². The Morgan fingerprint density at radius 2 is 2.10 bits per heavy atom. The Kier molecular flexibility index (Phi) is 5.61. The third kappa shape index (κ3) is 4.63. The summed E-state index contributed by atoms with van der Waals surface area (Å²) in [4.78, 5) is 19.8. The Labute approximate surface area is 124 Å². The fraction of sp³-hybridized carbons (Fsp3) is 0.300. The van der Waals surface area contributed by atoms with Crippen LogP contribution in [-0.4, -0.2) is 42.2 Å². The van der Waals surface area contributed by atoms with Gasteiger partial charge in [-0.15, -0.1) is 0 Å². The summed E-state index contributed by atoms with van der Waals surface area (Å²) in [5, 5.41) is 27.6. The van der Waals surface area contributed by atoms with Gasteiger partial charge in [-0.2, -0.15) is 0 Å². The highest BCUT2D eigenvalue weighted by molar-refractivity contribution is 7.89. The van der Waals surface area contributed by atoms with E-state index in [1.807, 2.05) is 4.72 Å². The zero-order valence-corrected chi connectivity index (χ0v) is 12.0. The zero-order valence-electron chi connectivity index (χ0n) is 10.4. The number of halogens is 1. The van der Waals surface area contributed by atoms with Crippen molar-refractivity contribution in [3.8, 4) is 0 Å². The maximum absolute atomic E-state index is 11.9. The van der Waals surface area contributed by atoms with Crippen molar-refractivity contribution < 1.29 is 28.3 Å². The molecule has 1 rings (SSSR count). The van der Waals surface area contributed by atoms with Gasteiger partial charge in [0.25, 0.3) is 5.69 Å². The van der Waals surface area contributed by atoms with Crippen LogP contribution in [0.25, 0.3) is 0 Å². The number of carbonyl (C=O) groups is 1. The summed E-state index contributed by atoms with van der Waals surface area (Å²) >= 11 is 5.68. The van der Waals surface area contributed by atoms with Crippen molar-refractivity contribution in [2.24, 2.45) is 0 Å². The van der Waals surface area contributed by atoms with Gasteiger partial charge < -0.3 is 10.2 Å². The minimum Gasteiger partial charge on any atom is -0.479 e. The highest BCUT2D eigenvalue weighted by Gasteiger charge is 2.21. The quantitative estimate of drug-likeness (QED) is 0.480. The first kappa shape index (κ1) is 17.3. The number of aliphatic hydroxyl groups is 1. The van der Waals surface area contributed by atoms with E-state index in [-0.39, 0.29) is 28.6 Å². The molecular weight excluding hydrogens is 328 g/mol. The van der Waals surface area contributed by atoms with Crippen molar-refractivity contribution in [3.63, 3.8) is 0 Å². The molecule has 9 nitrogen and oxygen atoms in total. The number of nitro benzene ring substituents is 1. The Morgan fingerprint density at radius 1 is 1.48 bits per heavy atom. The lowest BCUT2D eigenvalue weighted by Gasteiger charge is -2.09. The van der Waals surface area contributed by atoms with Crippen LogP contribution in [0.3, 0.4) is 0 Å². The van der Waals surface area contributed by atoms with Gasteiger partial charge in [-0.05, 0) is 12.5 Å². The number of aliphatic carboxylic acids is 1. The van der Waals surface area contributed by atoms with Crippen LogP contribution in [0.4, 0.5) is 5.69 Å². The van der Waals surface area contributed by atoms with E-state index in [1.165, 1.54) is 0 Å². The van der Waals surface area contributed by atoms with E-state index in [2.05, 4.69) is 0 Å². The first-order valence-corrected chi connectivity index (χ1v) is 7.35. The van der Waals surface area contributed by atoms with E-state index in [9.17, 15) is 23.3 Å². The zero-order chi connectivity index (χ0) is 16.2. The second-order valence-corrected chi connectivity index (χ2v) is 6.05. The number of nitrogens with zero attached hydrogens (tertiary/aromatic N) is 1. The van der Waals surface area contributed by atoms with Gasteiger partial charge in [0.2, 0.25) is 10.0 Å². The molecule has 21 heavy (non-hydrogen) atoms. The summed E-state index contributed by atoms with van der Waals surface area (Å²) in [6.45, 7) is -0.330. The minimum absolute atomic E-state index is 0.330. The molecule has 3 N–H and O–H groups in total. The highest BCUT2D eigenvalue weighted by atomic mass is 35.5. The molecule has 0 fully saturated rings. The number of non-ortho nitro benzene ring substituents is 1. The Bertz CT molecular complexity index is 661. The van der Waals surface area contributed by atoms with E-state index in [1.54, 1.807) is 0 Å². The van der Waals surface area contributed by atoms with Crippen LogP contribution in [0.1, 0.15) is 6.42 Å². The largest absolute Gasteiger partial charge is 0.479 e. The van der Waals surface area contributed by atoms with E-state index in [0.29, 0.717) is 0 Å². The summed E-state index contributed by atoms with van der Waals surface area (Å²) in [5.74, 6) is -1.47. The molecule has 11 heteroatoms. The molecule has 0 aliphatic rings. The van der Waals surface area contributed by atoms with E-state index in [4.69, 9.17) is 21.8 Å². The number of benzene rings is 1. The van der Waals surface area contributed by atoms with Gasteiger partial charge in [0.05, 0.1) is 9.95 Å². The molecule has 0 aliphatic carbocycles. The van der Waals surface area contributed by atoms with Gasteiger partial charge in [0.15, 0.2) is 6.10 Å². The van der Waals surface area contributed by atoms with Crippen LogP contribution in [0.2, 0.25) is 5.02 Å². The first-order chi connectivity index (χ1) is 9.65. The van der Waals surface area contributed by atoms with Crippen LogP contribution in [0.15, 0.2) is 23.1 Å². The summed E-state index contributed by atoms with van der Waals surface area (Å²) in [6.07, 6.45) is -2.03. The Hall–Kier alpha value is -1.75.